The number of carbonyl (C=O) groups is 1. The van der Waals surface area contributed by atoms with Crippen molar-refractivity contribution in [3.05, 3.63) is 65.5 Å². The van der Waals surface area contributed by atoms with Crippen LogP contribution in [0, 0.1) is 11.6 Å². The predicted octanol–water partition coefficient (Wildman–Crippen LogP) is 2.77. The number of amides is 1. The van der Waals surface area contributed by atoms with Gasteiger partial charge in [0.05, 0.1) is 11.8 Å². The van der Waals surface area contributed by atoms with E-state index in [9.17, 15) is 13.6 Å². The molecule has 1 aromatic carbocycles. The van der Waals surface area contributed by atoms with Gasteiger partial charge in [0.25, 0.3) is 5.91 Å². The summed E-state index contributed by atoms with van der Waals surface area (Å²) in [6.07, 6.45) is 2.22. The van der Waals surface area contributed by atoms with E-state index in [-0.39, 0.29) is 23.3 Å². The highest BCUT2D eigenvalue weighted by Crippen LogP contribution is 2.41. The van der Waals surface area contributed by atoms with E-state index >= 15 is 0 Å². The van der Waals surface area contributed by atoms with Crippen LogP contribution in [-0.4, -0.2) is 39.9 Å². The molecule has 1 amide bonds. The number of benzene rings is 1. The van der Waals surface area contributed by atoms with E-state index in [1.54, 1.807) is 28.8 Å². The van der Waals surface area contributed by atoms with Gasteiger partial charge in [-0.1, -0.05) is 6.07 Å². The summed E-state index contributed by atoms with van der Waals surface area (Å²) in [6, 6.07) is 8.47. The number of halogens is 2. The maximum Gasteiger partial charge on any atom is 0.287 e. The second-order valence-electron chi connectivity index (χ2n) is 5.58. The molecule has 2 aromatic rings. The number of hydrogen-bond acceptors (Lipinski definition) is 5. The molecular formula is C17H18F2N4OS. The Balaban J connectivity index is 1.85. The van der Waals surface area contributed by atoms with Gasteiger partial charge in [0.15, 0.2) is 0 Å². The Labute approximate surface area is 148 Å². The summed E-state index contributed by atoms with van der Waals surface area (Å²) >= 11 is 1.31. The van der Waals surface area contributed by atoms with E-state index in [1.165, 1.54) is 23.0 Å². The molecule has 1 aliphatic heterocycles. The minimum Gasteiger partial charge on any atom is -0.330 e. The van der Waals surface area contributed by atoms with Crippen LogP contribution < -0.4 is 5.73 Å². The normalized spacial score (nSPS) is 17.9. The Morgan fingerprint density at radius 3 is 2.88 bits per heavy atom. The number of carbonyl (C=O) groups excluding carboxylic acids is 1. The van der Waals surface area contributed by atoms with Gasteiger partial charge < -0.3 is 5.73 Å². The van der Waals surface area contributed by atoms with Crippen molar-refractivity contribution in [2.75, 3.05) is 19.6 Å². The molecule has 2 heterocycles. The summed E-state index contributed by atoms with van der Waals surface area (Å²) < 4.78 is 29.4. The first-order valence-electron chi connectivity index (χ1n) is 7.92. The summed E-state index contributed by atoms with van der Waals surface area (Å²) in [4.78, 5) is 16.8. The third kappa shape index (κ3) is 3.97. The molecule has 0 bridgehead atoms. The molecule has 132 valence electrons. The van der Waals surface area contributed by atoms with Gasteiger partial charge in [0, 0.05) is 18.3 Å². The molecule has 1 atom stereocenters. The Bertz CT molecular complexity index is 747. The van der Waals surface area contributed by atoms with Crippen LogP contribution in [0.5, 0.6) is 0 Å². The lowest BCUT2D eigenvalue weighted by Crippen LogP contribution is -2.40. The van der Waals surface area contributed by atoms with E-state index in [2.05, 4.69) is 4.98 Å². The third-order valence-corrected chi connectivity index (χ3v) is 5.11. The van der Waals surface area contributed by atoms with Crippen molar-refractivity contribution in [2.45, 2.75) is 11.7 Å². The predicted molar refractivity (Wildman–Crippen MR) is 92.3 cm³/mol. The number of hydrazine groups is 1. The molecule has 1 saturated heterocycles. The average Bonchev–Trinajstić information content (AvgIpc) is 3.06. The highest BCUT2D eigenvalue weighted by molar-refractivity contribution is 7.97. The SMILES string of the molecule is NCCCN1SC(c2cc(F)ccc2F)CN1C(=O)c1ccccn1. The van der Waals surface area contributed by atoms with Crippen LogP contribution in [-0.2, 0) is 0 Å². The average molecular weight is 364 g/mol. The highest BCUT2D eigenvalue weighted by Gasteiger charge is 2.37. The summed E-state index contributed by atoms with van der Waals surface area (Å²) in [5.41, 5.74) is 6.12. The Morgan fingerprint density at radius 2 is 2.16 bits per heavy atom. The molecule has 0 radical (unpaired) electrons. The standard InChI is InChI=1S/C17H18F2N4OS/c18-12-5-6-14(19)13(10-12)16-11-22(23(25-16)9-3-7-20)17(24)15-4-1-2-8-21-15/h1-2,4-6,8,10,16H,3,7,9,11,20H2. The van der Waals surface area contributed by atoms with Crippen molar-refractivity contribution in [3.63, 3.8) is 0 Å². The van der Waals surface area contributed by atoms with Gasteiger partial charge >= 0.3 is 0 Å². The fourth-order valence-corrected chi connectivity index (χ4v) is 3.89. The van der Waals surface area contributed by atoms with Gasteiger partial charge in [-0.15, -0.1) is 0 Å². The second-order valence-corrected chi connectivity index (χ2v) is 6.78. The number of hydrogen-bond donors (Lipinski definition) is 1. The summed E-state index contributed by atoms with van der Waals surface area (Å²) in [6.45, 7) is 1.25. The molecule has 5 nitrogen and oxygen atoms in total. The molecule has 1 aliphatic rings. The molecule has 0 spiro atoms. The summed E-state index contributed by atoms with van der Waals surface area (Å²) in [7, 11) is 0. The van der Waals surface area contributed by atoms with Crippen LogP contribution in [0.4, 0.5) is 8.78 Å². The lowest BCUT2D eigenvalue weighted by atomic mass is 10.1. The summed E-state index contributed by atoms with van der Waals surface area (Å²) in [5, 5.41) is 1.14. The minimum atomic E-state index is -0.500. The zero-order valence-electron chi connectivity index (χ0n) is 13.4. The molecule has 8 heteroatoms. The molecule has 2 N–H and O–H groups in total. The molecular weight excluding hydrogens is 346 g/mol. The van der Waals surface area contributed by atoms with Crippen molar-refractivity contribution < 1.29 is 13.6 Å². The number of nitrogens with two attached hydrogens (primary N) is 1. The Morgan fingerprint density at radius 1 is 1.32 bits per heavy atom. The molecule has 0 aliphatic carbocycles. The van der Waals surface area contributed by atoms with E-state index in [4.69, 9.17) is 5.73 Å². The van der Waals surface area contributed by atoms with Crippen molar-refractivity contribution >= 4 is 17.9 Å². The van der Waals surface area contributed by atoms with Crippen LogP contribution >= 0.6 is 11.9 Å². The van der Waals surface area contributed by atoms with E-state index in [0.717, 1.165) is 12.1 Å². The minimum absolute atomic E-state index is 0.241. The number of pyridine rings is 1. The first kappa shape index (κ1) is 17.8. The van der Waals surface area contributed by atoms with Crippen molar-refractivity contribution in [1.82, 2.24) is 14.4 Å². The van der Waals surface area contributed by atoms with E-state index < -0.39 is 11.6 Å². The molecule has 3 rings (SSSR count). The van der Waals surface area contributed by atoms with Gasteiger partial charge in [-0.05, 0) is 55.2 Å². The van der Waals surface area contributed by atoms with E-state index in [1.807, 2.05) is 0 Å². The second kappa shape index (κ2) is 7.90. The summed E-state index contributed by atoms with van der Waals surface area (Å²) in [5.74, 6) is -1.26. The maximum atomic E-state index is 14.1. The first-order chi connectivity index (χ1) is 12.1. The number of nitrogens with zero attached hydrogens (tertiary/aromatic N) is 3. The molecule has 1 fully saturated rings. The number of rotatable bonds is 5. The van der Waals surface area contributed by atoms with Crippen LogP contribution in [0.25, 0.3) is 0 Å². The smallest absolute Gasteiger partial charge is 0.287 e. The molecule has 25 heavy (non-hydrogen) atoms. The first-order valence-corrected chi connectivity index (χ1v) is 8.76. The van der Waals surface area contributed by atoms with Crippen molar-refractivity contribution in [1.29, 1.82) is 0 Å². The van der Waals surface area contributed by atoms with Crippen LogP contribution in [0.2, 0.25) is 0 Å². The largest absolute Gasteiger partial charge is 0.330 e. The maximum absolute atomic E-state index is 14.1. The highest BCUT2D eigenvalue weighted by atomic mass is 32.2. The van der Waals surface area contributed by atoms with Crippen molar-refractivity contribution in [2.24, 2.45) is 5.73 Å². The fraction of sp³-hybridized carbons (Fsp3) is 0.294. The lowest BCUT2D eigenvalue weighted by Gasteiger charge is -2.25. The monoisotopic (exact) mass is 364 g/mol. The Hall–Kier alpha value is -2.03. The number of aromatic nitrogens is 1. The quantitative estimate of drug-likeness (QED) is 0.827. The zero-order valence-corrected chi connectivity index (χ0v) is 14.3. The van der Waals surface area contributed by atoms with Crippen LogP contribution in [0.3, 0.4) is 0 Å². The molecule has 0 saturated carbocycles. The van der Waals surface area contributed by atoms with Gasteiger partial charge in [0.1, 0.15) is 17.3 Å². The van der Waals surface area contributed by atoms with Gasteiger partial charge in [0.2, 0.25) is 0 Å². The molecule has 1 unspecified atom stereocenters. The van der Waals surface area contributed by atoms with Crippen molar-refractivity contribution in [3.8, 4) is 0 Å². The topological polar surface area (TPSA) is 62.5 Å². The Kier molecular flexibility index (Phi) is 5.62. The fourth-order valence-electron chi connectivity index (χ4n) is 2.61. The third-order valence-electron chi connectivity index (χ3n) is 3.83. The lowest BCUT2D eigenvalue weighted by molar-refractivity contribution is 0.0451. The van der Waals surface area contributed by atoms with Crippen LogP contribution in [0.1, 0.15) is 27.7 Å². The zero-order chi connectivity index (χ0) is 17.8. The van der Waals surface area contributed by atoms with Crippen LogP contribution in [0.15, 0.2) is 42.6 Å². The van der Waals surface area contributed by atoms with Gasteiger partial charge in [-0.2, -0.15) is 4.41 Å². The van der Waals surface area contributed by atoms with E-state index in [0.29, 0.717) is 25.2 Å². The molecule has 1 aromatic heterocycles. The van der Waals surface area contributed by atoms with Gasteiger partial charge in [-0.3, -0.25) is 14.8 Å². The van der Waals surface area contributed by atoms with Gasteiger partial charge in [-0.25, -0.2) is 8.78 Å².